The summed E-state index contributed by atoms with van der Waals surface area (Å²) in [5.41, 5.74) is 0.402. The van der Waals surface area contributed by atoms with E-state index in [9.17, 15) is 23.3 Å². The first-order chi connectivity index (χ1) is 16.8. The van der Waals surface area contributed by atoms with Gasteiger partial charge in [-0.1, -0.05) is 24.3 Å². The fourth-order valence-corrected chi connectivity index (χ4v) is 5.25. The number of nitro benzene ring substituents is 1. The highest BCUT2D eigenvalue weighted by molar-refractivity contribution is 7.89. The maximum absolute atomic E-state index is 13.2. The van der Waals surface area contributed by atoms with E-state index < -0.39 is 20.9 Å². The summed E-state index contributed by atoms with van der Waals surface area (Å²) < 4.78 is 38.7. The van der Waals surface area contributed by atoms with E-state index in [-0.39, 0.29) is 40.7 Å². The Morgan fingerprint density at radius 2 is 1.77 bits per heavy atom. The Kier molecular flexibility index (Phi) is 7.10. The van der Waals surface area contributed by atoms with Gasteiger partial charge in [-0.3, -0.25) is 14.9 Å². The summed E-state index contributed by atoms with van der Waals surface area (Å²) in [7, 11) is -3.79. The van der Waals surface area contributed by atoms with Gasteiger partial charge in [-0.15, -0.1) is 0 Å². The van der Waals surface area contributed by atoms with E-state index in [2.05, 4.69) is 5.32 Å². The molecule has 11 heteroatoms. The van der Waals surface area contributed by atoms with Gasteiger partial charge in [0.1, 0.15) is 11.5 Å². The Bertz CT molecular complexity index is 1350. The maximum Gasteiger partial charge on any atom is 0.270 e. The smallest absolute Gasteiger partial charge is 0.270 e. The average Bonchev–Trinajstić information content (AvgIpc) is 2.86. The number of nitrogens with one attached hydrogen (secondary N) is 1. The summed E-state index contributed by atoms with van der Waals surface area (Å²) in [5, 5.41) is 13.9. The zero-order valence-corrected chi connectivity index (χ0v) is 19.7. The molecule has 35 heavy (non-hydrogen) atoms. The lowest BCUT2D eigenvalue weighted by atomic mass is 10.1. The molecule has 1 heterocycles. The Morgan fingerprint density at radius 1 is 1.06 bits per heavy atom. The zero-order valence-electron chi connectivity index (χ0n) is 18.8. The Balaban J connectivity index is 1.65. The topological polar surface area (TPSA) is 128 Å². The molecule has 4 rings (SSSR count). The summed E-state index contributed by atoms with van der Waals surface area (Å²) in [6, 6.07) is 16.9. The number of carbonyl (C=O) groups excluding carboxylic acids is 1. The number of amides is 1. The predicted molar refractivity (Wildman–Crippen MR) is 128 cm³/mol. The fourth-order valence-electron chi connectivity index (χ4n) is 3.59. The quantitative estimate of drug-likeness (QED) is 0.386. The summed E-state index contributed by atoms with van der Waals surface area (Å²) in [5.74, 6) is -0.115. The first-order valence-corrected chi connectivity index (χ1v) is 12.2. The molecule has 182 valence electrons. The van der Waals surface area contributed by atoms with Crippen LogP contribution in [0.15, 0.2) is 71.6 Å². The van der Waals surface area contributed by atoms with E-state index in [0.29, 0.717) is 24.5 Å². The second kappa shape index (κ2) is 10.2. The van der Waals surface area contributed by atoms with Crippen molar-refractivity contribution >= 4 is 27.3 Å². The van der Waals surface area contributed by atoms with Crippen LogP contribution in [-0.4, -0.2) is 49.9 Å². The Hall–Kier alpha value is -3.80. The Labute approximate surface area is 202 Å². The third kappa shape index (κ3) is 5.48. The van der Waals surface area contributed by atoms with Crippen LogP contribution in [0.3, 0.4) is 0 Å². The molecule has 1 fully saturated rings. The van der Waals surface area contributed by atoms with Crippen molar-refractivity contribution in [2.45, 2.75) is 11.8 Å². The number of benzene rings is 3. The molecule has 1 aliphatic heterocycles. The number of sulfonamides is 1. The van der Waals surface area contributed by atoms with Gasteiger partial charge in [0.25, 0.3) is 11.6 Å². The highest BCUT2D eigenvalue weighted by Crippen LogP contribution is 2.30. The fraction of sp³-hybridized carbons (Fsp3) is 0.208. The molecule has 3 aromatic rings. The number of ether oxygens (including phenoxy) is 2. The standard InChI is InChI=1S/C24H23N3O7S/c1-17-7-8-18(15-23(17)35(31,32)26-11-13-33-14-12-26)25-24(28)21-16-19(27(29)30)9-10-22(21)34-20-5-3-2-4-6-20/h2-10,15-16H,11-14H2,1H3,(H,25,28). The summed E-state index contributed by atoms with van der Waals surface area (Å²) in [4.78, 5) is 23.9. The van der Waals surface area contributed by atoms with Crippen LogP contribution < -0.4 is 10.1 Å². The number of hydrogen-bond donors (Lipinski definition) is 1. The molecule has 1 saturated heterocycles. The van der Waals surface area contributed by atoms with E-state index in [1.165, 1.54) is 22.5 Å². The van der Waals surface area contributed by atoms with Crippen LogP contribution in [0.1, 0.15) is 15.9 Å². The van der Waals surface area contributed by atoms with E-state index in [1.54, 1.807) is 49.4 Å². The van der Waals surface area contributed by atoms with E-state index >= 15 is 0 Å². The molecule has 1 amide bonds. The molecular weight excluding hydrogens is 474 g/mol. The van der Waals surface area contributed by atoms with E-state index in [0.717, 1.165) is 6.07 Å². The van der Waals surface area contributed by atoms with Crippen molar-refractivity contribution in [1.29, 1.82) is 0 Å². The molecule has 0 radical (unpaired) electrons. The molecule has 3 aromatic carbocycles. The van der Waals surface area contributed by atoms with E-state index in [4.69, 9.17) is 9.47 Å². The van der Waals surface area contributed by atoms with Crippen LogP contribution in [0.25, 0.3) is 0 Å². The summed E-state index contributed by atoms with van der Waals surface area (Å²) in [6.45, 7) is 2.78. The van der Waals surface area contributed by atoms with Crippen molar-refractivity contribution in [3.63, 3.8) is 0 Å². The van der Waals surface area contributed by atoms with Crippen LogP contribution in [-0.2, 0) is 14.8 Å². The van der Waals surface area contributed by atoms with E-state index in [1.807, 2.05) is 0 Å². The number of hydrogen-bond acceptors (Lipinski definition) is 7. The summed E-state index contributed by atoms with van der Waals surface area (Å²) in [6.07, 6.45) is 0. The lowest BCUT2D eigenvalue weighted by Gasteiger charge is -2.26. The van der Waals surface area contributed by atoms with Crippen LogP contribution in [0.5, 0.6) is 11.5 Å². The number of carbonyl (C=O) groups is 1. The van der Waals surface area contributed by atoms with Crippen molar-refractivity contribution in [2.24, 2.45) is 0 Å². The molecule has 0 bridgehead atoms. The number of rotatable bonds is 7. The minimum Gasteiger partial charge on any atom is -0.457 e. The third-order valence-corrected chi connectivity index (χ3v) is 7.46. The molecule has 1 aliphatic rings. The largest absolute Gasteiger partial charge is 0.457 e. The number of morpholine rings is 1. The van der Waals surface area contributed by atoms with Gasteiger partial charge in [0.05, 0.1) is 28.6 Å². The first-order valence-electron chi connectivity index (χ1n) is 10.8. The lowest BCUT2D eigenvalue weighted by molar-refractivity contribution is -0.384. The maximum atomic E-state index is 13.2. The number of anilines is 1. The number of aryl methyl sites for hydroxylation is 1. The van der Waals surface area contributed by atoms with Crippen LogP contribution in [0.2, 0.25) is 0 Å². The van der Waals surface area contributed by atoms with Gasteiger partial charge < -0.3 is 14.8 Å². The highest BCUT2D eigenvalue weighted by atomic mass is 32.2. The second-order valence-corrected chi connectivity index (χ2v) is 9.71. The molecule has 1 N–H and O–H groups in total. The first kappa shape index (κ1) is 24.3. The second-order valence-electron chi connectivity index (χ2n) is 7.80. The normalized spacial score (nSPS) is 14.3. The number of non-ortho nitro benzene ring substituents is 1. The predicted octanol–water partition coefficient (Wildman–Crippen LogP) is 3.97. The molecule has 0 unspecified atom stereocenters. The van der Waals surface area contributed by atoms with Gasteiger partial charge in [-0.2, -0.15) is 4.31 Å². The highest BCUT2D eigenvalue weighted by Gasteiger charge is 2.28. The van der Waals surface area contributed by atoms with Crippen molar-refractivity contribution in [2.75, 3.05) is 31.6 Å². The third-order valence-electron chi connectivity index (χ3n) is 5.42. The van der Waals surface area contributed by atoms with Crippen molar-refractivity contribution in [1.82, 2.24) is 4.31 Å². The minimum atomic E-state index is -3.79. The van der Waals surface area contributed by atoms with Crippen molar-refractivity contribution in [3.8, 4) is 11.5 Å². The van der Waals surface area contributed by atoms with Gasteiger partial charge in [0.15, 0.2) is 0 Å². The van der Waals surface area contributed by atoms with Gasteiger partial charge in [0, 0.05) is 30.9 Å². The van der Waals surface area contributed by atoms with Gasteiger partial charge in [0.2, 0.25) is 10.0 Å². The molecule has 0 saturated carbocycles. The Morgan fingerprint density at radius 3 is 2.46 bits per heavy atom. The van der Waals surface area contributed by atoms with Crippen LogP contribution >= 0.6 is 0 Å². The van der Waals surface area contributed by atoms with Gasteiger partial charge in [-0.25, -0.2) is 8.42 Å². The van der Waals surface area contributed by atoms with Gasteiger partial charge >= 0.3 is 0 Å². The minimum absolute atomic E-state index is 0.0667. The molecular formula is C24H23N3O7S. The average molecular weight is 498 g/mol. The number of nitrogens with zero attached hydrogens (tertiary/aromatic N) is 2. The zero-order chi connectivity index (χ0) is 25.0. The monoisotopic (exact) mass is 497 g/mol. The lowest BCUT2D eigenvalue weighted by Crippen LogP contribution is -2.40. The van der Waals surface area contributed by atoms with Crippen LogP contribution in [0.4, 0.5) is 11.4 Å². The molecule has 10 nitrogen and oxygen atoms in total. The van der Waals surface area contributed by atoms with Gasteiger partial charge in [-0.05, 0) is 42.8 Å². The number of para-hydroxylation sites is 1. The molecule has 0 aromatic heterocycles. The SMILES string of the molecule is Cc1ccc(NC(=O)c2cc([N+](=O)[O-])ccc2Oc2ccccc2)cc1S(=O)(=O)N1CCOCC1. The molecule has 0 spiro atoms. The summed E-state index contributed by atoms with van der Waals surface area (Å²) >= 11 is 0. The number of nitro groups is 1. The van der Waals surface area contributed by atoms with Crippen LogP contribution in [0, 0.1) is 17.0 Å². The molecule has 0 atom stereocenters. The van der Waals surface area contributed by atoms with Crippen molar-refractivity contribution < 1.29 is 27.6 Å². The van der Waals surface area contributed by atoms with Crippen molar-refractivity contribution in [3.05, 3.63) is 88.0 Å². The molecule has 0 aliphatic carbocycles.